The summed E-state index contributed by atoms with van der Waals surface area (Å²) in [5.41, 5.74) is 2.73. The molecule has 0 aromatic heterocycles. The average Bonchev–Trinajstić information content (AvgIpc) is 2.48. The Hall–Kier alpha value is -0.860. The van der Waals surface area contributed by atoms with E-state index in [2.05, 4.69) is 62.2 Å². The topological polar surface area (TPSA) is 15.3 Å². The van der Waals surface area contributed by atoms with Crippen LogP contribution in [0.4, 0.5) is 0 Å². The van der Waals surface area contributed by atoms with Gasteiger partial charge in [0.15, 0.2) is 0 Å². The molecule has 1 aromatic carbocycles. The van der Waals surface area contributed by atoms with Crippen molar-refractivity contribution in [2.24, 2.45) is 5.92 Å². The van der Waals surface area contributed by atoms with Gasteiger partial charge in [0.1, 0.15) is 0 Å². The predicted octanol–water partition coefficient (Wildman–Crippen LogP) is 4.16. The maximum atomic E-state index is 3.82. The summed E-state index contributed by atoms with van der Waals surface area (Å²) in [6.07, 6.45) is 4.00. The summed E-state index contributed by atoms with van der Waals surface area (Å²) in [4.78, 5) is 2.64. The second-order valence-electron chi connectivity index (χ2n) is 6.79. The maximum Gasteiger partial charge on any atom is 0.0294 e. The minimum absolute atomic E-state index is 0.433. The van der Waals surface area contributed by atoms with E-state index in [-0.39, 0.29) is 0 Å². The van der Waals surface area contributed by atoms with Crippen LogP contribution in [0.5, 0.6) is 0 Å². The Morgan fingerprint density at radius 2 is 1.95 bits per heavy atom. The Labute approximate surface area is 130 Å². The van der Waals surface area contributed by atoms with E-state index in [1.165, 1.54) is 50.0 Å². The molecule has 0 aliphatic carbocycles. The van der Waals surface area contributed by atoms with Crippen LogP contribution >= 0.6 is 0 Å². The number of likely N-dealkylation sites (tertiary alicyclic amines) is 1. The van der Waals surface area contributed by atoms with Crippen molar-refractivity contribution in [2.45, 2.75) is 59.0 Å². The van der Waals surface area contributed by atoms with Crippen LogP contribution in [0, 0.1) is 12.8 Å². The molecular weight excluding hydrogens is 256 g/mol. The summed E-state index contributed by atoms with van der Waals surface area (Å²) in [5, 5.41) is 3.82. The molecule has 1 aliphatic rings. The third kappa shape index (κ3) is 4.82. The molecule has 0 saturated carbocycles. The van der Waals surface area contributed by atoms with Gasteiger partial charge in [-0.15, -0.1) is 0 Å². The third-order valence-corrected chi connectivity index (χ3v) is 4.88. The Balaban J connectivity index is 1.88. The van der Waals surface area contributed by atoms with Crippen LogP contribution in [0.1, 0.15) is 57.2 Å². The highest BCUT2D eigenvalue weighted by Crippen LogP contribution is 2.22. The number of aryl methyl sites for hydroxylation is 1. The molecule has 0 spiro atoms. The van der Waals surface area contributed by atoms with Crippen molar-refractivity contribution in [1.82, 2.24) is 10.2 Å². The fraction of sp³-hybridized carbons (Fsp3) is 0.684. The fourth-order valence-corrected chi connectivity index (χ4v) is 3.50. The lowest BCUT2D eigenvalue weighted by atomic mass is 9.90. The number of hydrogen-bond acceptors (Lipinski definition) is 2. The predicted molar refractivity (Wildman–Crippen MR) is 91.6 cm³/mol. The minimum Gasteiger partial charge on any atom is -0.307 e. The van der Waals surface area contributed by atoms with Gasteiger partial charge in [-0.2, -0.15) is 0 Å². The summed E-state index contributed by atoms with van der Waals surface area (Å²) in [6.45, 7) is 12.9. The van der Waals surface area contributed by atoms with Crippen LogP contribution in [0.25, 0.3) is 0 Å². The van der Waals surface area contributed by atoms with Crippen LogP contribution in [0.2, 0.25) is 0 Å². The van der Waals surface area contributed by atoms with Gasteiger partial charge in [-0.25, -0.2) is 0 Å². The van der Waals surface area contributed by atoms with Crippen LogP contribution in [-0.4, -0.2) is 30.6 Å². The molecule has 0 bridgehead atoms. The second-order valence-corrected chi connectivity index (χ2v) is 6.79. The SMILES string of the molecule is CCCN1CCCC(C(C)NC(C)c2ccc(C)cc2)C1. The van der Waals surface area contributed by atoms with Crippen molar-refractivity contribution < 1.29 is 0 Å². The quantitative estimate of drug-likeness (QED) is 0.845. The number of hydrogen-bond donors (Lipinski definition) is 1. The molecule has 1 aliphatic heterocycles. The van der Waals surface area contributed by atoms with E-state index >= 15 is 0 Å². The number of nitrogens with one attached hydrogen (secondary N) is 1. The van der Waals surface area contributed by atoms with Crippen molar-refractivity contribution >= 4 is 0 Å². The molecule has 0 amide bonds. The zero-order valence-corrected chi connectivity index (χ0v) is 14.2. The molecule has 1 heterocycles. The van der Waals surface area contributed by atoms with Gasteiger partial charge in [0.25, 0.3) is 0 Å². The molecule has 2 rings (SSSR count). The lowest BCUT2D eigenvalue weighted by molar-refractivity contribution is 0.147. The molecule has 3 unspecified atom stereocenters. The van der Waals surface area contributed by atoms with Gasteiger partial charge >= 0.3 is 0 Å². The largest absolute Gasteiger partial charge is 0.307 e. The van der Waals surface area contributed by atoms with Gasteiger partial charge in [0.2, 0.25) is 0 Å². The van der Waals surface area contributed by atoms with Gasteiger partial charge < -0.3 is 10.2 Å². The smallest absolute Gasteiger partial charge is 0.0294 e. The standard InChI is InChI=1S/C19H32N2/c1-5-12-21-13-6-7-19(14-21)17(4)20-16(3)18-10-8-15(2)9-11-18/h8-11,16-17,19-20H,5-7,12-14H2,1-4H3. The van der Waals surface area contributed by atoms with E-state index < -0.39 is 0 Å². The molecule has 0 radical (unpaired) electrons. The van der Waals surface area contributed by atoms with Gasteiger partial charge in [0, 0.05) is 18.6 Å². The summed E-state index contributed by atoms with van der Waals surface area (Å²) < 4.78 is 0. The Morgan fingerprint density at radius 1 is 1.24 bits per heavy atom. The molecule has 118 valence electrons. The molecule has 2 nitrogen and oxygen atoms in total. The van der Waals surface area contributed by atoms with E-state index in [0.717, 1.165) is 5.92 Å². The first kappa shape index (κ1) is 16.5. The fourth-order valence-electron chi connectivity index (χ4n) is 3.50. The van der Waals surface area contributed by atoms with Crippen LogP contribution < -0.4 is 5.32 Å². The minimum atomic E-state index is 0.433. The van der Waals surface area contributed by atoms with E-state index in [1.54, 1.807) is 0 Å². The summed E-state index contributed by atoms with van der Waals surface area (Å²) in [5.74, 6) is 0.790. The van der Waals surface area contributed by atoms with Gasteiger partial charge in [-0.3, -0.25) is 0 Å². The first-order valence-corrected chi connectivity index (χ1v) is 8.65. The average molecular weight is 288 g/mol. The van der Waals surface area contributed by atoms with Crippen molar-refractivity contribution in [3.8, 4) is 0 Å². The monoisotopic (exact) mass is 288 g/mol. The molecule has 1 aromatic rings. The molecule has 21 heavy (non-hydrogen) atoms. The van der Waals surface area contributed by atoms with Crippen molar-refractivity contribution in [1.29, 1.82) is 0 Å². The first-order chi connectivity index (χ1) is 10.1. The van der Waals surface area contributed by atoms with Gasteiger partial charge in [-0.1, -0.05) is 36.8 Å². The highest BCUT2D eigenvalue weighted by molar-refractivity contribution is 5.23. The Morgan fingerprint density at radius 3 is 2.62 bits per heavy atom. The van der Waals surface area contributed by atoms with Crippen LogP contribution in [0.3, 0.4) is 0 Å². The number of nitrogens with zero attached hydrogens (tertiary/aromatic N) is 1. The van der Waals surface area contributed by atoms with Crippen LogP contribution in [-0.2, 0) is 0 Å². The lowest BCUT2D eigenvalue weighted by Gasteiger charge is -2.37. The second kappa shape index (κ2) is 7.95. The normalized spacial score (nSPS) is 23.0. The molecule has 1 N–H and O–H groups in total. The molecule has 1 fully saturated rings. The zero-order valence-electron chi connectivity index (χ0n) is 14.2. The Kier molecular flexibility index (Phi) is 6.25. The van der Waals surface area contributed by atoms with E-state index in [0.29, 0.717) is 12.1 Å². The number of rotatable bonds is 6. The van der Waals surface area contributed by atoms with Gasteiger partial charge in [-0.05, 0) is 64.6 Å². The summed E-state index contributed by atoms with van der Waals surface area (Å²) in [7, 11) is 0. The van der Waals surface area contributed by atoms with Crippen molar-refractivity contribution in [2.75, 3.05) is 19.6 Å². The third-order valence-electron chi connectivity index (χ3n) is 4.88. The molecule has 2 heteroatoms. The van der Waals surface area contributed by atoms with E-state index in [4.69, 9.17) is 0 Å². The zero-order chi connectivity index (χ0) is 15.2. The van der Waals surface area contributed by atoms with Crippen LogP contribution in [0.15, 0.2) is 24.3 Å². The highest BCUT2D eigenvalue weighted by atomic mass is 15.1. The van der Waals surface area contributed by atoms with Crippen molar-refractivity contribution in [3.05, 3.63) is 35.4 Å². The number of benzene rings is 1. The Bertz CT molecular complexity index is 410. The summed E-state index contributed by atoms with van der Waals surface area (Å²) in [6, 6.07) is 9.94. The number of piperidine rings is 1. The van der Waals surface area contributed by atoms with Crippen molar-refractivity contribution in [3.63, 3.8) is 0 Å². The van der Waals surface area contributed by atoms with E-state index in [9.17, 15) is 0 Å². The molecule has 3 atom stereocenters. The highest BCUT2D eigenvalue weighted by Gasteiger charge is 2.25. The molecule has 1 saturated heterocycles. The molecular formula is C19H32N2. The first-order valence-electron chi connectivity index (χ1n) is 8.65. The van der Waals surface area contributed by atoms with E-state index in [1.807, 2.05) is 0 Å². The summed E-state index contributed by atoms with van der Waals surface area (Å²) >= 11 is 0. The lowest BCUT2D eigenvalue weighted by Crippen LogP contribution is -2.45. The maximum absolute atomic E-state index is 3.82. The van der Waals surface area contributed by atoms with Gasteiger partial charge in [0.05, 0.1) is 0 Å².